The Morgan fingerprint density at radius 1 is 1.20 bits per heavy atom. The van der Waals surface area contributed by atoms with Crippen molar-refractivity contribution in [1.29, 1.82) is 0 Å². The lowest BCUT2D eigenvalue weighted by Gasteiger charge is -2.10. The van der Waals surface area contributed by atoms with Gasteiger partial charge in [0.1, 0.15) is 5.75 Å². The first kappa shape index (κ1) is 14.8. The van der Waals surface area contributed by atoms with Crippen molar-refractivity contribution in [3.63, 3.8) is 0 Å². The molecule has 9 nitrogen and oxygen atoms in total. The van der Waals surface area contributed by atoms with E-state index in [0.717, 1.165) is 0 Å². The number of anilines is 2. The number of ether oxygens (including phenoxy) is 1. The number of carboxylic acids is 1. The standard InChI is InChI=1S/C16H12N6O3/c1-25-10-4-2-9(3-5-10)18-16-19-12-6-7-17-8-11(12)13-20-21-14(15(23)24)22(13)16/h2-8H,1H3,(H,18,19)(H,23,24). The summed E-state index contributed by atoms with van der Waals surface area (Å²) in [6.45, 7) is 0. The summed E-state index contributed by atoms with van der Waals surface area (Å²) in [4.78, 5) is 20.0. The SMILES string of the molecule is COc1ccc(Nc2nc3ccncc3c3nnc(C(=O)O)n23)cc1. The molecule has 4 aromatic rings. The first-order valence-electron chi connectivity index (χ1n) is 7.30. The van der Waals surface area contributed by atoms with Crippen LogP contribution in [-0.4, -0.2) is 42.8 Å². The summed E-state index contributed by atoms with van der Waals surface area (Å²) >= 11 is 0. The third kappa shape index (κ3) is 2.47. The van der Waals surface area contributed by atoms with Gasteiger partial charge in [-0.15, -0.1) is 10.2 Å². The molecule has 0 aliphatic heterocycles. The largest absolute Gasteiger partial charge is 0.497 e. The minimum Gasteiger partial charge on any atom is -0.497 e. The Morgan fingerprint density at radius 3 is 2.72 bits per heavy atom. The lowest BCUT2D eigenvalue weighted by atomic mass is 10.3. The average Bonchev–Trinajstić information content (AvgIpc) is 3.08. The Bertz CT molecular complexity index is 1090. The monoisotopic (exact) mass is 336 g/mol. The van der Waals surface area contributed by atoms with E-state index in [2.05, 4.69) is 25.5 Å². The summed E-state index contributed by atoms with van der Waals surface area (Å²) in [5.74, 6) is -0.426. The van der Waals surface area contributed by atoms with Crippen molar-refractivity contribution in [1.82, 2.24) is 24.6 Å². The van der Waals surface area contributed by atoms with Crippen LogP contribution in [0.1, 0.15) is 10.6 Å². The number of carbonyl (C=O) groups is 1. The maximum absolute atomic E-state index is 11.5. The fourth-order valence-electron chi connectivity index (χ4n) is 2.51. The molecule has 0 saturated carbocycles. The lowest BCUT2D eigenvalue weighted by Crippen LogP contribution is -2.09. The van der Waals surface area contributed by atoms with Crippen LogP contribution in [0.3, 0.4) is 0 Å². The number of benzene rings is 1. The van der Waals surface area contributed by atoms with E-state index in [1.807, 2.05) is 0 Å². The van der Waals surface area contributed by atoms with Crippen LogP contribution in [0.15, 0.2) is 42.7 Å². The summed E-state index contributed by atoms with van der Waals surface area (Å²) in [5, 5.41) is 20.9. The molecule has 9 heteroatoms. The predicted molar refractivity (Wildman–Crippen MR) is 89.3 cm³/mol. The second kappa shape index (κ2) is 5.71. The molecule has 124 valence electrons. The minimum absolute atomic E-state index is 0.232. The van der Waals surface area contributed by atoms with Crippen molar-refractivity contribution in [3.8, 4) is 5.75 Å². The van der Waals surface area contributed by atoms with Crippen molar-refractivity contribution >= 4 is 34.2 Å². The molecule has 0 saturated heterocycles. The van der Waals surface area contributed by atoms with Crippen LogP contribution < -0.4 is 10.1 Å². The molecule has 0 bridgehead atoms. The van der Waals surface area contributed by atoms with E-state index < -0.39 is 5.97 Å². The van der Waals surface area contributed by atoms with E-state index in [4.69, 9.17) is 4.74 Å². The number of nitrogens with zero attached hydrogens (tertiary/aromatic N) is 5. The van der Waals surface area contributed by atoms with Crippen molar-refractivity contribution in [2.45, 2.75) is 0 Å². The smallest absolute Gasteiger partial charge is 0.374 e. The first-order valence-corrected chi connectivity index (χ1v) is 7.30. The molecule has 0 aliphatic rings. The molecule has 0 atom stereocenters. The van der Waals surface area contributed by atoms with Gasteiger partial charge in [0.25, 0.3) is 0 Å². The highest BCUT2D eigenvalue weighted by molar-refractivity contribution is 5.94. The molecule has 4 rings (SSSR count). The van der Waals surface area contributed by atoms with Crippen LogP contribution in [0.4, 0.5) is 11.6 Å². The zero-order chi connectivity index (χ0) is 17.4. The number of fused-ring (bicyclic) bond motifs is 3. The average molecular weight is 336 g/mol. The Hall–Kier alpha value is -3.75. The van der Waals surface area contributed by atoms with Gasteiger partial charge < -0.3 is 15.2 Å². The van der Waals surface area contributed by atoms with Gasteiger partial charge in [-0.25, -0.2) is 14.2 Å². The van der Waals surface area contributed by atoms with E-state index in [0.29, 0.717) is 33.9 Å². The fourth-order valence-corrected chi connectivity index (χ4v) is 2.51. The van der Waals surface area contributed by atoms with Gasteiger partial charge in [-0.3, -0.25) is 4.98 Å². The van der Waals surface area contributed by atoms with E-state index in [1.165, 1.54) is 4.40 Å². The summed E-state index contributed by atoms with van der Waals surface area (Å²) < 4.78 is 6.49. The van der Waals surface area contributed by atoms with Gasteiger partial charge in [-0.05, 0) is 30.3 Å². The summed E-state index contributed by atoms with van der Waals surface area (Å²) in [6.07, 6.45) is 3.19. The molecule has 2 N–H and O–H groups in total. The second-order valence-corrected chi connectivity index (χ2v) is 5.17. The van der Waals surface area contributed by atoms with Crippen LogP contribution >= 0.6 is 0 Å². The molecule has 0 unspecified atom stereocenters. The van der Waals surface area contributed by atoms with Crippen LogP contribution in [0.5, 0.6) is 5.75 Å². The molecular weight excluding hydrogens is 324 g/mol. The molecular formula is C16H12N6O3. The van der Waals surface area contributed by atoms with Gasteiger partial charge in [0.2, 0.25) is 11.8 Å². The van der Waals surface area contributed by atoms with Gasteiger partial charge in [0.15, 0.2) is 5.65 Å². The molecule has 0 radical (unpaired) electrons. The Morgan fingerprint density at radius 2 is 2.00 bits per heavy atom. The van der Waals surface area contributed by atoms with E-state index in [-0.39, 0.29) is 5.82 Å². The quantitative estimate of drug-likeness (QED) is 0.582. The number of carboxylic acid groups (broad SMARTS) is 1. The van der Waals surface area contributed by atoms with Gasteiger partial charge in [-0.1, -0.05) is 0 Å². The highest BCUT2D eigenvalue weighted by Gasteiger charge is 2.19. The topological polar surface area (TPSA) is 115 Å². The molecule has 25 heavy (non-hydrogen) atoms. The van der Waals surface area contributed by atoms with Crippen LogP contribution in [0, 0.1) is 0 Å². The Kier molecular flexibility index (Phi) is 3.38. The maximum atomic E-state index is 11.5. The first-order chi connectivity index (χ1) is 12.2. The number of nitrogens with one attached hydrogen (secondary N) is 1. The van der Waals surface area contributed by atoms with Crippen LogP contribution in [-0.2, 0) is 0 Å². The summed E-state index contributed by atoms with van der Waals surface area (Å²) in [6, 6.07) is 8.90. The number of pyridine rings is 1. The molecule has 0 spiro atoms. The molecule has 0 aliphatic carbocycles. The zero-order valence-corrected chi connectivity index (χ0v) is 13.0. The second-order valence-electron chi connectivity index (χ2n) is 5.17. The van der Waals surface area contributed by atoms with Gasteiger partial charge in [-0.2, -0.15) is 0 Å². The number of hydrogen-bond acceptors (Lipinski definition) is 7. The minimum atomic E-state index is -1.20. The normalized spacial score (nSPS) is 10.9. The third-order valence-electron chi connectivity index (χ3n) is 3.68. The van der Waals surface area contributed by atoms with Crippen molar-refractivity contribution in [2.75, 3.05) is 12.4 Å². The summed E-state index contributed by atoms with van der Waals surface area (Å²) in [5.41, 5.74) is 1.71. The lowest BCUT2D eigenvalue weighted by molar-refractivity contribution is 0.0682. The fraction of sp³-hybridized carbons (Fsp3) is 0.0625. The Labute approximate surface area is 140 Å². The van der Waals surface area contributed by atoms with Crippen LogP contribution in [0.2, 0.25) is 0 Å². The highest BCUT2D eigenvalue weighted by atomic mass is 16.5. The number of hydrogen-bond donors (Lipinski definition) is 2. The molecule has 0 amide bonds. The van der Waals surface area contributed by atoms with E-state index in [1.54, 1.807) is 49.8 Å². The Balaban J connectivity index is 1.92. The number of aromatic nitrogens is 5. The molecule has 3 aromatic heterocycles. The van der Waals surface area contributed by atoms with Crippen molar-refractivity contribution < 1.29 is 14.6 Å². The number of rotatable bonds is 4. The highest BCUT2D eigenvalue weighted by Crippen LogP contribution is 2.24. The molecule has 3 heterocycles. The van der Waals surface area contributed by atoms with Crippen LogP contribution in [0.25, 0.3) is 16.6 Å². The molecule has 1 aromatic carbocycles. The number of aromatic carboxylic acids is 1. The van der Waals surface area contributed by atoms with Gasteiger partial charge >= 0.3 is 5.97 Å². The third-order valence-corrected chi connectivity index (χ3v) is 3.68. The maximum Gasteiger partial charge on any atom is 0.374 e. The molecule has 0 fully saturated rings. The predicted octanol–water partition coefficient (Wildman–Crippen LogP) is 2.12. The van der Waals surface area contributed by atoms with Gasteiger partial charge in [0, 0.05) is 18.1 Å². The van der Waals surface area contributed by atoms with Crippen molar-refractivity contribution in [2.24, 2.45) is 0 Å². The van der Waals surface area contributed by atoms with Gasteiger partial charge in [0.05, 0.1) is 18.0 Å². The number of methoxy groups -OCH3 is 1. The van der Waals surface area contributed by atoms with Crippen molar-refractivity contribution in [3.05, 3.63) is 48.5 Å². The van der Waals surface area contributed by atoms with E-state index >= 15 is 0 Å². The summed E-state index contributed by atoms with van der Waals surface area (Å²) in [7, 11) is 1.58. The van der Waals surface area contributed by atoms with E-state index in [9.17, 15) is 9.90 Å². The zero-order valence-electron chi connectivity index (χ0n) is 13.0.